The van der Waals surface area contributed by atoms with Gasteiger partial charge in [-0.3, -0.25) is 33.8 Å². The van der Waals surface area contributed by atoms with Gasteiger partial charge in [0.25, 0.3) is 0 Å². The quantitative estimate of drug-likeness (QED) is 0.0281. The van der Waals surface area contributed by atoms with Gasteiger partial charge in [-0.05, 0) is 55.2 Å². The van der Waals surface area contributed by atoms with Crippen molar-refractivity contribution in [3.05, 3.63) is 48.0 Å². The summed E-state index contributed by atoms with van der Waals surface area (Å²) in [5, 5.41) is 32.3. The number of imidazole rings is 1. The Balaban J connectivity index is 1.89. The Hall–Kier alpha value is -6.29. The van der Waals surface area contributed by atoms with Gasteiger partial charge in [0, 0.05) is 50.8 Å². The van der Waals surface area contributed by atoms with Crippen LogP contribution in [-0.4, -0.2) is 142 Å². The second-order valence-corrected chi connectivity index (χ2v) is 16.2. The lowest BCUT2D eigenvalue weighted by molar-refractivity contribution is -0.145. The molecular formula is C42H66N12O10. The summed E-state index contributed by atoms with van der Waals surface area (Å²) in [5.41, 5.74) is 18.0. The first-order chi connectivity index (χ1) is 30.4. The van der Waals surface area contributed by atoms with Gasteiger partial charge < -0.3 is 68.6 Å². The Morgan fingerprint density at radius 2 is 1.55 bits per heavy atom. The number of aliphatic hydroxyl groups is 1. The molecule has 64 heavy (non-hydrogen) atoms. The maximum Gasteiger partial charge on any atom is 0.326 e. The number of guanidine groups is 1. The van der Waals surface area contributed by atoms with Crippen molar-refractivity contribution in [1.82, 2.24) is 41.5 Å². The highest BCUT2D eigenvalue weighted by Gasteiger charge is 2.40. The van der Waals surface area contributed by atoms with Crippen LogP contribution in [0.5, 0.6) is 5.75 Å². The number of ether oxygens (including phenoxy) is 1. The molecule has 14 N–H and O–H groups in total. The van der Waals surface area contributed by atoms with Crippen molar-refractivity contribution in [2.45, 2.75) is 121 Å². The Kier molecular flexibility index (Phi) is 20.9. The van der Waals surface area contributed by atoms with E-state index in [-0.39, 0.29) is 51.2 Å². The van der Waals surface area contributed by atoms with Crippen molar-refractivity contribution in [1.29, 1.82) is 0 Å². The summed E-state index contributed by atoms with van der Waals surface area (Å²) in [7, 11) is 1.51. The van der Waals surface area contributed by atoms with E-state index >= 15 is 0 Å². The summed E-state index contributed by atoms with van der Waals surface area (Å²) >= 11 is 0. The van der Waals surface area contributed by atoms with Gasteiger partial charge in [-0.1, -0.05) is 46.2 Å². The number of hydrogen-bond acceptors (Lipinski definition) is 12. The lowest BCUT2D eigenvalue weighted by Gasteiger charge is -2.32. The molecule has 0 aliphatic carbocycles. The van der Waals surface area contributed by atoms with Crippen LogP contribution in [0.4, 0.5) is 0 Å². The van der Waals surface area contributed by atoms with E-state index in [1.807, 2.05) is 6.92 Å². The molecule has 2 heterocycles. The zero-order valence-electron chi connectivity index (χ0n) is 37.2. The highest BCUT2D eigenvalue weighted by molar-refractivity contribution is 5.97. The normalized spacial score (nSPS) is 16.8. The molecule has 1 aliphatic heterocycles. The van der Waals surface area contributed by atoms with E-state index in [2.05, 4.69) is 41.5 Å². The number of carbonyl (C=O) groups is 7. The van der Waals surface area contributed by atoms with Gasteiger partial charge in [0.05, 0.1) is 19.5 Å². The van der Waals surface area contributed by atoms with Gasteiger partial charge in [0.2, 0.25) is 35.4 Å². The van der Waals surface area contributed by atoms with E-state index in [0.29, 0.717) is 36.3 Å². The molecule has 0 bridgehead atoms. The number of carboxylic acids is 1. The fraction of sp³-hybridized carbons (Fsp3) is 0.595. The molecule has 22 heteroatoms. The number of nitrogens with two attached hydrogens (primary N) is 3. The van der Waals surface area contributed by atoms with Crippen molar-refractivity contribution >= 4 is 47.4 Å². The van der Waals surface area contributed by atoms with Crippen LogP contribution in [0.1, 0.15) is 77.5 Å². The number of aliphatic hydroxyl groups excluding tert-OH is 1. The number of nitrogens with zero attached hydrogens (tertiary/aromatic N) is 3. The topological polar surface area (TPSA) is 352 Å². The number of nitrogens with one attached hydrogen (secondary N) is 6. The zero-order valence-corrected chi connectivity index (χ0v) is 37.2. The largest absolute Gasteiger partial charge is 0.497 e. The molecule has 2 aromatic rings. The number of methoxy groups -OCH3 is 1. The Labute approximate surface area is 372 Å². The van der Waals surface area contributed by atoms with E-state index in [1.165, 1.54) is 24.5 Å². The molecule has 0 spiro atoms. The minimum atomic E-state index is -1.37. The molecule has 1 aliphatic rings. The second kappa shape index (κ2) is 25.7. The van der Waals surface area contributed by atoms with Crippen LogP contribution in [0.3, 0.4) is 0 Å². The van der Waals surface area contributed by atoms with Crippen molar-refractivity contribution < 1.29 is 48.5 Å². The number of aliphatic imine (C=N–C) groups is 1. The van der Waals surface area contributed by atoms with Crippen molar-refractivity contribution in [3.8, 4) is 5.75 Å². The highest BCUT2D eigenvalue weighted by atomic mass is 16.5. The van der Waals surface area contributed by atoms with Gasteiger partial charge in [0.1, 0.15) is 42.0 Å². The highest BCUT2D eigenvalue weighted by Crippen LogP contribution is 2.21. The van der Waals surface area contributed by atoms with Gasteiger partial charge in [-0.2, -0.15) is 0 Å². The number of benzene rings is 1. The molecule has 354 valence electrons. The number of H-pyrrole nitrogens is 1. The number of aromatic nitrogens is 2. The second-order valence-electron chi connectivity index (χ2n) is 16.2. The monoisotopic (exact) mass is 899 g/mol. The average Bonchev–Trinajstić information content (AvgIpc) is 3.98. The molecule has 22 nitrogen and oxygen atoms in total. The lowest BCUT2D eigenvalue weighted by Crippen LogP contribution is -2.61. The van der Waals surface area contributed by atoms with E-state index in [1.54, 1.807) is 45.0 Å². The van der Waals surface area contributed by atoms with Crippen LogP contribution in [0.2, 0.25) is 0 Å². The molecule has 0 radical (unpaired) electrons. The molecule has 1 aromatic carbocycles. The van der Waals surface area contributed by atoms with Crippen LogP contribution in [0.25, 0.3) is 0 Å². The fourth-order valence-corrected chi connectivity index (χ4v) is 7.11. The van der Waals surface area contributed by atoms with Crippen LogP contribution in [0.15, 0.2) is 41.8 Å². The number of likely N-dealkylation sites (tertiary alicyclic amines) is 1. The molecule has 3 rings (SSSR count). The fourth-order valence-electron chi connectivity index (χ4n) is 7.11. The molecule has 6 amide bonds. The smallest absolute Gasteiger partial charge is 0.326 e. The van der Waals surface area contributed by atoms with E-state index in [9.17, 15) is 43.8 Å². The van der Waals surface area contributed by atoms with Gasteiger partial charge in [-0.25, -0.2) is 9.78 Å². The number of carbonyl (C=O) groups excluding carboxylic acids is 6. The summed E-state index contributed by atoms with van der Waals surface area (Å²) in [5.74, 6) is -5.84. The molecule has 1 saturated heterocycles. The van der Waals surface area contributed by atoms with E-state index in [4.69, 9.17) is 21.9 Å². The maximum absolute atomic E-state index is 14.4. The Bertz CT molecular complexity index is 1890. The molecule has 0 saturated carbocycles. The van der Waals surface area contributed by atoms with Gasteiger partial charge >= 0.3 is 5.97 Å². The number of aromatic amines is 1. The predicted molar refractivity (Wildman–Crippen MR) is 235 cm³/mol. The van der Waals surface area contributed by atoms with Gasteiger partial charge in [-0.15, -0.1) is 0 Å². The first-order valence-electron chi connectivity index (χ1n) is 21.5. The minimum Gasteiger partial charge on any atom is -0.497 e. The number of amides is 6. The number of rotatable bonds is 26. The number of carboxylic acid groups (broad SMARTS) is 1. The van der Waals surface area contributed by atoms with Crippen molar-refractivity contribution in [2.24, 2.45) is 34.0 Å². The summed E-state index contributed by atoms with van der Waals surface area (Å²) in [6.45, 7) is 6.92. The SMILES string of the molecule is CC[C@H](C)[C@H](NC(=O)[C@H](Cc1ccc(OC)cc1)NC(=O)[C@@H](NC(=O)[C@@H](N)CCCN=C(N)N)C(C)C)C(=O)N[C@@H](Cc1cnc[nH]1)C(=O)N1CCC[C@H]1C(=O)N[C@@H](CCO)C(=O)O. The van der Waals surface area contributed by atoms with E-state index < -0.39 is 102 Å². The van der Waals surface area contributed by atoms with Crippen molar-refractivity contribution in [2.75, 3.05) is 26.8 Å². The molecule has 1 aromatic heterocycles. The van der Waals surface area contributed by atoms with Crippen molar-refractivity contribution in [3.63, 3.8) is 0 Å². The summed E-state index contributed by atoms with van der Waals surface area (Å²) in [6, 6.07) is -1.43. The Morgan fingerprint density at radius 1 is 0.891 bits per heavy atom. The maximum atomic E-state index is 14.4. The third-order valence-electron chi connectivity index (χ3n) is 11.0. The molecule has 0 unspecified atom stereocenters. The summed E-state index contributed by atoms with van der Waals surface area (Å²) in [6.07, 6.45) is 4.25. The number of hydrogen-bond donors (Lipinski definition) is 11. The first kappa shape index (κ1) is 52.1. The summed E-state index contributed by atoms with van der Waals surface area (Å²) < 4.78 is 5.28. The zero-order chi connectivity index (χ0) is 47.5. The van der Waals surface area contributed by atoms with Crippen LogP contribution in [-0.2, 0) is 46.4 Å². The molecule has 8 atom stereocenters. The molecular weight excluding hydrogens is 833 g/mol. The minimum absolute atomic E-state index is 0.0279. The molecule has 1 fully saturated rings. The summed E-state index contributed by atoms with van der Waals surface area (Å²) in [4.78, 5) is 107. The Morgan fingerprint density at radius 3 is 2.12 bits per heavy atom. The van der Waals surface area contributed by atoms with Gasteiger partial charge in [0.15, 0.2) is 5.96 Å². The first-order valence-corrected chi connectivity index (χ1v) is 21.5. The van der Waals surface area contributed by atoms with Crippen LogP contribution < -0.4 is 48.5 Å². The predicted octanol–water partition coefficient (Wildman–Crippen LogP) is -1.83. The average molecular weight is 899 g/mol. The third-order valence-corrected chi connectivity index (χ3v) is 11.0. The van der Waals surface area contributed by atoms with Crippen LogP contribution in [0, 0.1) is 11.8 Å². The van der Waals surface area contributed by atoms with E-state index in [0.717, 1.165) is 0 Å². The third kappa shape index (κ3) is 15.8. The lowest BCUT2D eigenvalue weighted by atomic mass is 9.96. The number of aliphatic carboxylic acids is 1. The van der Waals surface area contributed by atoms with Crippen LogP contribution >= 0.6 is 0 Å². The standard InChI is InChI=1S/C42H66N12O10/c1-6-24(4)34(39(60)51-31(20-26-21-46-22-48-26)40(61)54-17-8-10-32(54)37(58)49-29(15-18-55)41(62)63)53-36(57)30(19-25-11-13-27(64-5)14-12-25)50-38(59)33(23(2)3)52-35(56)28(43)9-7-16-47-42(44)45/h11-14,21-24,28-34,55H,6-10,15-20,43H2,1-5H3,(H,46,48)(H,49,58)(H,50,59)(H,51,60)(H,52,56)(H,53,57)(H,62,63)(H4,44,45,47)/t24-,28-,29-,30-,31-,32-,33-,34-/m0/s1.